The number of aromatic amines is 1. The molecule has 76 valence electrons. The third kappa shape index (κ3) is 1.35. The summed E-state index contributed by atoms with van der Waals surface area (Å²) < 4.78 is 10.5. The quantitative estimate of drug-likeness (QED) is 0.749. The fraction of sp³-hybridized carbons (Fsp3) is 0.200. The van der Waals surface area contributed by atoms with E-state index in [-0.39, 0.29) is 10.8 Å². The number of benzene rings is 1. The number of fused-ring (bicyclic) bond motifs is 1. The molecule has 0 aliphatic carbocycles. The van der Waals surface area contributed by atoms with Crippen molar-refractivity contribution in [3.05, 3.63) is 40.5 Å². The van der Waals surface area contributed by atoms with E-state index in [2.05, 4.69) is 10.1 Å². The molecule has 4 nitrogen and oxygen atoms in total. The molecule has 1 aliphatic rings. The molecule has 0 bridgehead atoms. The van der Waals surface area contributed by atoms with Gasteiger partial charge in [0.25, 0.3) is 0 Å². The van der Waals surface area contributed by atoms with Crippen molar-refractivity contribution >= 4 is 12.2 Å². The summed E-state index contributed by atoms with van der Waals surface area (Å²) in [6.07, 6.45) is 0. The van der Waals surface area contributed by atoms with E-state index in [0.29, 0.717) is 6.61 Å². The van der Waals surface area contributed by atoms with Crippen molar-refractivity contribution < 1.29 is 9.26 Å². The number of para-hydroxylation sites is 1. The fourth-order valence-corrected chi connectivity index (χ4v) is 1.92. The van der Waals surface area contributed by atoms with Gasteiger partial charge in [-0.15, -0.1) is 0 Å². The summed E-state index contributed by atoms with van der Waals surface area (Å²) in [5.41, 5.74) is 1.12. The molecule has 1 atom stereocenters. The molecule has 15 heavy (non-hydrogen) atoms. The lowest BCUT2D eigenvalue weighted by Crippen LogP contribution is -2.04. The lowest BCUT2D eigenvalue weighted by Gasteiger charge is -2.02. The van der Waals surface area contributed by atoms with Crippen LogP contribution >= 0.6 is 12.2 Å². The molecule has 2 heterocycles. The maximum atomic E-state index is 5.54. The largest absolute Gasteiger partial charge is 0.492 e. The van der Waals surface area contributed by atoms with E-state index in [4.69, 9.17) is 21.5 Å². The third-order valence-electron chi connectivity index (χ3n) is 2.48. The van der Waals surface area contributed by atoms with Crippen LogP contribution < -0.4 is 4.74 Å². The Hall–Kier alpha value is -1.62. The van der Waals surface area contributed by atoms with Gasteiger partial charge in [-0.25, -0.2) is 5.16 Å². The van der Waals surface area contributed by atoms with Crippen LogP contribution in [0.15, 0.2) is 28.8 Å². The summed E-state index contributed by atoms with van der Waals surface area (Å²) in [4.78, 5) is 4.34. The van der Waals surface area contributed by atoms with Crippen LogP contribution in [0.3, 0.4) is 0 Å². The second-order valence-corrected chi connectivity index (χ2v) is 3.72. The predicted octanol–water partition coefficient (Wildman–Crippen LogP) is 2.26. The molecular formula is C10H8N2O2S. The summed E-state index contributed by atoms with van der Waals surface area (Å²) in [6.45, 7) is 0.581. The molecule has 1 aromatic heterocycles. The van der Waals surface area contributed by atoms with Crippen LogP contribution in [0.5, 0.6) is 5.75 Å². The lowest BCUT2D eigenvalue weighted by atomic mass is 10.0. The fourth-order valence-electron chi connectivity index (χ4n) is 1.78. The molecule has 5 heteroatoms. The zero-order valence-electron chi connectivity index (χ0n) is 7.77. The van der Waals surface area contributed by atoms with Gasteiger partial charge in [-0.1, -0.05) is 18.2 Å². The first kappa shape index (κ1) is 8.67. The maximum absolute atomic E-state index is 5.54. The standard InChI is InChI=1S/C10H8N2O2S/c15-10-11-9(12-14-10)7-5-13-8-4-2-1-3-6(7)8/h1-4,7H,5H2,(H,11,12,15). The average molecular weight is 220 g/mol. The molecule has 0 radical (unpaired) electrons. The Kier molecular flexibility index (Phi) is 1.85. The van der Waals surface area contributed by atoms with Crippen molar-refractivity contribution in [2.45, 2.75) is 5.92 Å². The third-order valence-corrected chi connectivity index (χ3v) is 2.66. The molecule has 0 spiro atoms. The Labute approximate surface area is 90.9 Å². The Balaban J connectivity index is 2.07. The van der Waals surface area contributed by atoms with Crippen LogP contribution in [0.25, 0.3) is 0 Å². The van der Waals surface area contributed by atoms with Crippen molar-refractivity contribution in [2.24, 2.45) is 0 Å². The Bertz CT molecular complexity index is 546. The van der Waals surface area contributed by atoms with E-state index >= 15 is 0 Å². The molecule has 1 N–H and O–H groups in total. The van der Waals surface area contributed by atoms with Gasteiger partial charge in [0.05, 0.1) is 5.92 Å². The van der Waals surface area contributed by atoms with Crippen LogP contribution in [0.1, 0.15) is 17.3 Å². The number of hydrogen-bond donors (Lipinski definition) is 1. The SMILES string of the molecule is S=c1nc(C2COc3ccccc32)[nH]o1. The number of rotatable bonds is 1. The van der Waals surface area contributed by atoms with Crippen LogP contribution in [0, 0.1) is 4.84 Å². The molecule has 1 aliphatic heterocycles. The highest BCUT2D eigenvalue weighted by Crippen LogP contribution is 2.36. The van der Waals surface area contributed by atoms with E-state index in [9.17, 15) is 0 Å². The highest BCUT2D eigenvalue weighted by Gasteiger charge is 2.27. The monoisotopic (exact) mass is 220 g/mol. The molecule has 2 aromatic rings. The maximum Gasteiger partial charge on any atom is 0.314 e. The zero-order chi connectivity index (χ0) is 10.3. The topological polar surface area (TPSA) is 51.0 Å². The summed E-state index contributed by atoms with van der Waals surface area (Å²) in [5.74, 6) is 1.73. The summed E-state index contributed by atoms with van der Waals surface area (Å²) in [5, 5.41) is 2.72. The lowest BCUT2D eigenvalue weighted by molar-refractivity contribution is 0.333. The summed E-state index contributed by atoms with van der Waals surface area (Å²) in [7, 11) is 0. The van der Waals surface area contributed by atoms with Crippen molar-refractivity contribution in [3.8, 4) is 5.75 Å². The number of hydrogen-bond acceptors (Lipinski definition) is 4. The number of aromatic nitrogens is 2. The molecule has 1 aromatic carbocycles. The van der Waals surface area contributed by atoms with Crippen molar-refractivity contribution in [3.63, 3.8) is 0 Å². The van der Waals surface area contributed by atoms with Gasteiger partial charge in [-0.05, 0) is 18.3 Å². The Morgan fingerprint density at radius 2 is 2.27 bits per heavy atom. The number of nitrogens with zero attached hydrogens (tertiary/aromatic N) is 1. The smallest absolute Gasteiger partial charge is 0.314 e. The van der Waals surface area contributed by atoms with E-state index in [1.54, 1.807) is 0 Å². The van der Waals surface area contributed by atoms with Gasteiger partial charge >= 0.3 is 4.84 Å². The minimum Gasteiger partial charge on any atom is -0.492 e. The molecule has 1 unspecified atom stereocenters. The van der Waals surface area contributed by atoms with Crippen molar-refractivity contribution in [1.29, 1.82) is 0 Å². The zero-order valence-corrected chi connectivity index (χ0v) is 8.58. The molecule has 0 fully saturated rings. The van der Waals surface area contributed by atoms with Gasteiger partial charge < -0.3 is 9.26 Å². The van der Waals surface area contributed by atoms with Crippen LogP contribution in [-0.2, 0) is 0 Å². The van der Waals surface area contributed by atoms with E-state index < -0.39 is 0 Å². The second kappa shape index (κ2) is 3.20. The highest BCUT2D eigenvalue weighted by atomic mass is 32.1. The van der Waals surface area contributed by atoms with E-state index in [0.717, 1.165) is 17.1 Å². The van der Waals surface area contributed by atoms with Gasteiger partial charge in [-0.2, -0.15) is 4.98 Å². The Morgan fingerprint density at radius 3 is 3.07 bits per heavy atom. The number of nitrogens with one attached hydrogen (secondary N) is 1. The number of H-pyrrole nitrogens is 1. The molecule has 3 rings (SSSR count). The highest BCUT2D eigenvalue weighted by molar-refractivity contribution is 7.71. The van der Waals surface area contributed by atoms with Gasteiger partial charge in [0.15, 0.2) is 5.82 Å². The first-order chi connectivity index (χ1) is 7.34. The van der Waals surface area contributed by atoms with Crippen molar-refractivity contribution in [1.82, 2.24) is 10.1 Å². The first-order valence-electron chi connectivity index (χ1n) is 4.62. The van der Waals surface area contributed by atoms with Gasteiger partial charge in [-0.3, -0.25) is 0 Å². The van der Waals surface area contributed by atoms with E-state index in [1.165, 1.54) is 0 Å². The van der Waals surface area contributed by atoms with Gasteiger partial charge in [0.1, 0.15) is 12.4 Å². The van der Waals surface area contributed by atoms with Crippen LogP contribution in [0.4, 0.5) is 0 Å². The van der Waals surface area contributed by atoms with Gasteiger partial charge in [0, 0.05) is 5.56 Å². The number of ether oxygens (including phenoxy) is 1. The molecule has 0 saturated carbocycles. The van der Waals surface area contributed by atoms with E-state index in [1.807, 2.05) is 24.3 Å². The van der Waals surface area contributed by atoms with Gasteiger partial charge in [0.2, 0.25) is 0 Å². The van der Waals surface area contributed by atoms with Crippen LogP contribution in [0.2, 0.25) is 0 Å². The summed E-state index contributed by atoms with van der Waals surface area (Å²) in [6, 6.07) is 7.91. The molecule has 0 saturated heterocycles. The van der Waals surface area contributed by atoms with Crippen LogP contribution in [-0.4, -0.2) is 16.7 Å². The minimum atomic E-state index is 0.0987. The molecule has 0 amide bonds. The normalized spacial score (nSPS) is 18.5. The molecular weight excluding hydrogens is 212 g/mol. The second-order valence-electron chi connectivity index (χ2n) is 3.37. The average Bonchev–Trinajstić information content (AvgIpc) is 2.83. The van der Waals surface area contributed by atoms with Crippen molar-refractivity contribution in [2.75, 3.05) is 6.61 Å². The Morgan fingerprint density at radius 1 is 1.40 bits per heavy atom. The first-order valence-corrected chi connectivity index (χ1v) is 5.02. The predicted molar refractivity (Wildman–Crippen MR) is 55.5 cm³/mol. The minimum absolute atomic E-state index is 0.0987. The summed E-state index contributed by atoms with van der Waals surface area (Å²) >= 11 is 4.82.